The first kappa shape index (κ1) is 11.5. The first-order valence-corrected chi connectivity index (χ1v) is 6.50. The first-order chi connectivity index (χ1) is 7.66. The third-order valence-electron chi connectivity index (χ3n) is 2.36. The van der Waals surface area contributed by atoms with Crippen LogP contribution in [0.15, 0.2) is 29.4 Å². The number of nitrogens with one attached hydrogen (secondary N) is 1. The van der Waals surface area contributed by atoms with E-state index < -0.39 is 0 Å². The molecule has 0 bridgehead atoms. The summed E-state index contributed by atoms with van der Waals surface area (Å²) in [6.07, 6.45) is 2.74. The van der Waals surface area contributed by atoms with Gasteiger partial charge in [0.15, 0.2) is 5.17 Å². The van der Waals surface area contributed by atoms with Crippen molar-refractivity contribution in [1.29, 1.82) is 0 Å². The molecule has 0 spiro atoms. The van der Waals surface area contributed by atoms with E-state index in [2.05, 4.69) is 29.1 Å². The van der Waals surface area contributed by atoms with E-state index in [9.17, 15) is 0 Å². The average molecular weight is 235 g/mol. The maximum atomic E-state index is 4.54. The predicted octanol–water partition coefficient (Wildman–Crippen LogP) is 2.10. The zero-order valence-electron chi connectivity index (χ0n) is 9.73. The summed E-state index contributed by atoms with van der Waals surface area (Å²) >= 11 is 1.80. The van der Waals surface area contributed by atoms with Gasteiger partial charge in [0.1, 0.15) is 0 Å². The van der Waals surface area contributed by atoms with Crippen LogP contribution in [0.25, 0.3) is 0 Å². The molecule has 0 saturated carbocycles. The molecule has 86 valence electrons. The molecule has 1 aliphatic heterocycles. The van der Waals surface area contributed by atoms with Crippen LogP contribution in [0.2, 0.25) is 0 Å². The van der Waals surface area contributed by atoms with E-state index in [4.69, 9.17) is 0 Å². The minimum Gasteiger partial charge on any atom is -0.359 e. The molecule has 0 aliphatic carbocycles. The van der Waals surface area contributed by atoms with E-state index >= 15 is 0 Å². The van der Waals surface area contributed by atoms with Gasteiger partial charge in [-0.3, -0.25) is 9.98 Å². The SMILES string of the molecule is CC1(C)CSC(=NCCc2ccccn2)N1. The normalized spacial score (nSPS) is 21.0. The lowest BCUT2D eigenvalue weighted by atomic mass is 10.1. The zero-order chi connectivity index (χ0) is 11.4. The second-order valence-electron chi connectivity index (χ2n) is 4.56. The number of rotatable bonds is 3. The van der Waals surface area contributed by atoms with Crippen LogP contribution in [-0.2, 0) is 6.42 Å². The molecule has 0 atom stereocenters. The summed E-state index contributed by atoms with van der Waals surface area (Å²) in [5.74, 6) is 1.09. The Bertz CT molecular complexity index is 373. The van der Waals surface area contributed by atoms with Crippen molar-refractivity contribution in [3.05, 3.63) is 30.1 Å². The highest BCUT2D eigenvalue weighted by atomic mass is 32.2. The maximum Gasteiger partial charge on any atom is 0.157 e. The van der Waals surface area contributed by atoms with Crippen LogP contribution in [0.5, 0.6) is 0 Å². The first-order valence-electron chi connectivity index (χ1n) is 5.51. The van der Waals surface area contributed by atoms with E-state index in [1.165, 1.54) is 0 Å². The van der Waals surface area contributed by atoms with Crippen molar-refractivity contribution < 1.29 is 0 Å². The van der Waals surface area contributed by atoms with Crippen LogP contribution in [0.3, 0.4) is 0 Å². The molecule has 0 radical (unpaired) electrons. The number of pyridine rings is 1. The molecular formula is C12H17N3S. The zero-order valence-corrected chi connectivity index (χ0v) is 10.5. The molecule has 0 aromatic carbocycles. The van der Waals surface area contributed by atoms with Gasteiger partial charge in [0.2, 0.25) is 0 Å². The summed E-state index contributed by atoms with van der Waals surface area (Å²) in [6.45, 7) is 5.20. The summed E-state index contributed by atoms with van der Waals surface area (Å²) in [4.78, 5) is 8.82. The topological polar surface area (TPSA) is 37.3 Å². The van der Waals surface area contributed by atoms with E-state index in [1.54, 1.807) is 11.8 Å². The number of aromatic nitrogens is 1. The molecule has 16 heavy (non-hydrogen) atoms. The fourth-order valence-electron chi connectivity index (χ4n) is 1.51. The molecule has 1 aromatic heterocycles. The van der Waals surface area contributed by atoms with Crippen LogP contribution >= 0.6 is 11.8 Å². The van der Waals surface area contributed by atoms with Crippen molar-refractivity contribution in [3.8, 4) is 0 Å². The lowest BCUT2D eigenvalue weighted by molar-refractivity contribution is 0.536. The smallest absolute Gasteiger partial charge is 0.157 e. The van der Waals surface area contributed by atoms with E-state index in [0.29, 0.717) is 0 Å². The van der Waals surface area contributed by atoms with Crippen molar-refractivity contribution in [2.24, 2.45) is 4.99 Å². The highest BCUT2D eigenvalue weighted by molar-refractivity contribution is 8.14. The molecule has 3 nitrogen and oxygen atoms in total. The number of hydrogen-bond donors (Lipinski definition) is 1. The maximum absolute atomic E-state index is 4.54. The number of nitrogens with zero attached hydrogens (tertiary/aromatic N) is 2. The third-order valence-corrected chi connectivity index (χ3v) is 3.74. The lowest BCUT2D eigenvalue weighted by Crippen LogP contribution is -2.36. The Balaban J connectivity index is 1.82. The van der Waals surface area contributed by atoms with Crippen LogP contribution in [0.1, 0.15) is 19.5 Å². The number of thioether (sulfide) groups is 1. The number of amidine groups is 1. The Morgan fingerprint density at radius 2 is 2.38 bits per heavy atom. The molecule has 1 N–H and O–H groups in total. The quantitative estimate of drug-likeness (QED) is 0.871. The van der Waals surface area contributed by atoms with Crippen molar-refractivity contribution >= 4 is 16.9 Å². The van der Waals surface area contributed by atoms with E-state index in [0.717, 1.165) is 29.6 Å². The summed E-state index contributed by atoms with van der Waals surface area (Å²) in [6, 6.07) is 5.99. The van der Waals surface area contributed by atoms with Gasteiger partial charge >= 0.3 is 0 Å². The van der Waals surface area contributed by atoms with E-state index in [-0.39, 0.29) is 5.54 Å². The van der Waals surface area contributed by atoms with E-state index in [1.807, 2.05) is 24.4 Å². The second kappa shape index (κ2) is 4.87. The largest absolute Gasteiger partial charge is 0.359 e. The van der Waals surface area contributed by atoms with Gasteiger partial charge in [-0.15, -0.1) is 0 Å². The molecule has 0 unspecified atom stereocenters. The molecule has 2 rings (SSSR count). The molecule has 1 aromatic rings. The van der Waals surface area contributed by atoms with Gasteiger partial charge in [0.05, 0.1) is 0 Å². The standard InChI is InChI=1S/C12H17N3S/c1-12(2)9-16-11(15-12)14-8-6-10-5-3-4-7-13-10/h3-5,7H,6,8-9H2,1-2H3,(H,14,15). The Kier molecular flexibility index (Phi) is 3.49. The minimum atomic E-state index is 0.189. The van der Waals surface area contributed by atoms with Crippen LogP contribution in [0, 0.1) is 0 Å². The van der Waals surface area contributed by atoms with Gasteiger partial charge in [0, 0.05) is 36.1 Å². The van der Waals surface area contributed by atoms with Gasteiger partial charge in [0.25, 0.3) is 0 Å². The van der Waals surface area contributed by atoms with Crippen molar-refractivity contribution in [1.82, 2.24) is 10.3 Å². The monoisotopic (exact) mass is 235 g/mol. The van der Waals surface area contributed by atoms with Crippen LogP contribution < -0.4 is 5.32 Å². The minimum absolute atomic E-state index is 0.189. The summed E-state index contributed by atoms with van der Waals surface area (Å²) in [7, 11) is 0. The molecule has 0 amide bonds. The summed E-state index contributed by atoms with van der Waals surface area (Å²) in [5.41, 5.74) is 1.29. The lowest BCUT2D eigenvalue weighted by Gasteiger charge is -2.15. The molecular weight excluding hydrogens is 218 g/mol. The Morgan fingerprint density at radius 3 is 3.00 bits per heavy atom. The summed E-state index contributed by atoms with van der Waals surface area (Å²) in [5, 5.41) is 4.48. The Morgan fingerprint density at radius 1 is 1.50 bits per heavy atom. The van der Waals surface area contributed by atoms with Crippen LogP contribution in [0.4, 0.5) is 0 Å². The Hall–Kier alpha value is -1.03. The summed E-state index contributed by atoms with van der Waals surface area (Å²) < 4.78 is 0. The van der Waals surface area contributed by atoms with Gasteiger partial charge < -0.3 is 5.32 Å². The van der Waals surface area contributed by atoms with Crippen molar-refractivity contribution in [2.45, 2.75) is 25.8 Å². The Labute approximate surface area is 101 Å². The fourth-order valence-corrected chi connectivity index (χ4v) is 2.61. The number of aliphatic imine (C=N–C) groups is 1. The van der Waals surface area contributed by atoms with Gasteiger partial charge in [-0.1, -0.05) is 17.8 Å². The van der Waals surface area contributed by atoms with Crippen molar-refractivity contribution in [3.63, 3.8) is 0 Å². The average Bonchev–Trinajstić information content (AvgIpc) is 2.60. The van der Waals surface area contributed by atoms with Gasteiger partial charge in [-0.25, -0.2) is 0 Å². The predicted molar refractivity (Wildman–Crippen MR) is 69.9 cm³/mol. The molecule has 2 heterocycles. The second-order valence-corrected chi connectivity index (χ2v) is 5.52. The van der Waals surface area contributed by atoms with Gasteiger partial charge in [-0.05, 0) is 26.0 Å². The third kappa shape index (κ3) is 3.23. The highest BCUT2D eigenvalue weighted by Crippen LogP contribution is 2.21. The van der Waals surface area contributed by atoms with Crippen LogP contribution in [-0.4, -0.2) is 28.0 Å². The molecule has 1 saturated heterocycles. The fraction of sp³-hybridized carbons (Fsp3) is 0.500. The molecule has 1 aliphatic rings. The highest BCUT2D eigenvalue weighted by Gasteiger charge is 2.26. The van der Waals surface area contributed by atoms with Crippen molar-refractivity contribution in [2.75, 3.05) is 12.3 Å². The van der Waals surface area contributed by atoms with Gasteiger partial charge in [-0.2, -0.15) is 0 Å². The number of hydrogen-bond acceptors (Lipinski definition) is 3. The molecule has 1 fully saturated rings. The molecule has 4 heteroatoms.